The van der Waals surface area contributed by atoms with Crippen LogP contribution in [0.5, 0.6) is 0 Å². The summed E-state index contributed by atoms with van der Waals surface area (Å²) in [4.78, 5) is 13.6. The number of anilines is 2. The molecular weight excluding hydrogens is 522 g/mol. The molecule has 0 aromatic heterocycles. The van der Waals surface area contributed by atoms with E-state index in [9.17, 15) is 0 Å². The molecule has 192 valence electrons. The highest BCUT2D eigenvalue weighted by atomic mass is 35.5. The topological polar surface area (TPSA) is 31.2 Å². The first-order valence-corrected chi connectivity index (χ1v) is 14.1. The first-order chi connectivity index (χ1) is 17.0. The molecule has 0 saturated heterocycles. The lowest BCUT2D eigenvalue weighted by atomic mass is 10.1. The molecule has 0 bridgehead atoms. The lowest BCUT2D eigenvalue weighted by Gasteiger charge is -2.23. The van der Waals surface area contributed by atoms with Crippen LogP contribution < -0.4 is 9.80 Å². The SMILES string of the molecule is Cc1cc(N(CCCl)CCCl)ccc1C=NCCCN=Cc1ccc(N(CCCl)CCCl)cc1C. The van der Waals surface area contributed by atoms with Gasteiger partial charge in [0.25, 0.3) is 0 Å². The summed E-state index contributed by atoms with van der Waals surface area (Å²) in [7, 11) is 0. The number of nitrogens with zero attached hydrogens (tertiary/aromatic N) is 4. The maximum atomic E-state index is 5.93. The van der Waals surface area contributed by atoms with E-state index >= 15 is 0 Å². The smallest absolute Gasteiger partial charge is 0.0407 e. The van der Waals surface area contributed by atoms with E-state index in [2.05, 4.69) is 70.0 Å². The zero-order valence-corrected chi connectivity index (χ0v) is 23.7. The highest BCUT2D eigenvalue weighted by molar-refractivity contribution is 6.19. The fourth-order valence-corrected chi connectivity index (χ4v) is 4.55. The Labute approximate surface area is 230 Å². The molecule has 4 nitrogen and oxygen atoms in total. The molecule has 0 aliphatic carbocycles. The standard InChI is InChI=1S/C27H36Cl4N4/c1-22-18-26(34(14-8-28)15-9-29)6-4-24(22)20-32-12-3-13-33-21-25-5-7-27(19-23(25)2)35(16-10-30)17-11-31/h4-7,18-21H,3,8-17H2,1-2H3. The fraction of sp³-hybridized carbons (Fsp3) is 0.481. The lowest BCUT2D eigenvalue weighted by molar-refractivity contribution is 0.850. The number of benzene rings is 2. The number of halogens is 4. The number of aryl methyl sites for hydroxylation is 2. The van der Waals surface area contributed by atoms with Gasteiger partial charge in [0.2, 0.25) is 0 Å². The molecule has 2 aromatic carbocycles. The van der Waals surface area contributed by atoms with Gasteiger partial charge in [0, 0.05) is 86.6 Å². The van der Waals surface area contributed by atoms with Crippen molar-refractivity contribution in [2.45, 2.75) is 20.3 Å². The first-order valence-electron chi connectivity index (χ1n) is 12.0. The monoisotopic (exact) mass is 556 g/mol. The molecule has 2 rings (SSSR count). The van der Waals surface area contributed by atoms with Crippen LogP contribution in [0.15, 0.2) is 46.4 Å². The van der Waals surface area contributed by atoms with Crippen LogP contribution in [0, 0.1) is 13.8 Å². The van der Waals surface area contributed by atoms with Crippen LogP contribution in [0.1, 0.15) is 28.7 Å². The first kappa shape index (κ1) is 29.8. The van der Waals surface area contributed by atoms with Crippen LogP contribution in [-0.4, -0.2) is 75.2 Å². The summed E-state index contributed by atoms with van der Waals surface area (Å²) in [5.41, 5.74) is 6.92. The van der Waals surface area contributed by atoms with E-state index in [1.807, 2.05) is 12.4 Å². The van der Waals surface area contributed by atoms with Crippen molar-refractivity contribution in [3.05, 3.63) is 58.7 Å². The Morgan fingerprint density at radius 3 is 1.31 bits per heavy atom. The summed E-state index contributed by atoms with van der Waals surface area (Å²) in [5.74, 6) is 2.31. The summed E-state index contributed by atoms with van der Waals surface area (Å²) >= 11 is 23.7. The number of rotatable bonds is 16. The van der Waals surface area contributed by atoms with Gasteiger partial charge in [0.15, 0.2) is 0 Å². The van der Waals surface area contributed by atoms with Crippen molar-refractivity contribution in [1.29, 1.82) is 0 Å². The molecule has 0 aliphatic heterocycles. The average molecular weight is 558 g/mol. The fourth-order valence-electron chi connectivity index (χ4n) is 3.73. The molecule has 0 spiro atoms. The van der Waals surface area contributed by atoms with Crippen molar-refractivity contribution in [1.82, 2.24) is 0 Å². The molecule has 0 atom stereocenters. The van der Waals surface area contributed by atoms with Crippen LogP contribution >= 0.6 is 46.4 Å². The summed E-state index contributed by atoms with van der Waals surface area (Å²) in [6.45, 7) is 8.83. The van der Waals surface area contributed by atoms with Crippen LogP contribution in [0.4, 0.5) is 11.4 Å². The van der Waals surface area contributed by atoms with Crippen LogP contribution in [0.2, 0.25) is 0 Å². The second-order valence-corrected chi connectivity index (χ2v) is 9.75. The largest absolute Gasteiger partial charge is 0.369 e. The van der Waals surface area contributed by atoms with E-state index in [0.29, 0.717) is 23.5 Å². The highest BCUT2D eigenvalue weighted by Gasteiger charge is 2.08. The van der Waals surface area contributed by atoms with Crippen LogP contribution in [0.3, 0.4) is 0 Å². The van der Waals surface area contributed by atoms with Gasteiger partial charge in [-0.3, -0.25) is 9.98 Å². The van der Waals surface area contributed by atoms with E-state index in [1.165, 1.54) is 11.1 Å². The molecule has 8 heteroatoms. The van der Waals surface area contributed by atoms with E-state index in [0.717, 1.165) is 68.2 Å². The van der Waals surface area contributed by atoms with Gasteiger partial charge in [0.1, 0.15) is 0 Å². The third kappa shape index (κ3) is 10.2. The van der Waals surface area contributed by atoms with Gasteiger partial charge >= 0.3 is 0 Å². The van der Waals surface area contributed by atoms with Gasteiger partial charge in [-0.2, -0.15) is 0 Å². The summed E-state index contributed by atoms with van der Waals surface area (Å²) < 4.78 is 0. The zero-order chi connectivity index (χ0) is 25.5. The van der Waals surface area contributed by atoms with Gasteiger partial charge in [0.05, 0.1) is 0 Å². The minimum Gasteiger partial charge on any atom is -0.369 e. The predicted molar refractivity (Wildman–Crippen MR) is 159 cm³/mol. The molecule has 2 aromatic rings. The number of hydrogen-bond donors (Lipinski definition) is 0. The molecule has 0 unspecified atom stereocenters. The Morgan fingerprint density at radius 2 is 1.00 bits per heavy atom. The van der Waals surface area contributed by atoms with E-state index < -0.39 is 0 Å². The average Bonchev–Trinajstić information content (AvgIpc) is 2.84. The van der Waals surface area contributed by atoms with E-state index in [-0.39, 0.29) is 0 Å². The minimum atomic E-state index is 0.578. The van der Waals surface area contributed by atoms with Crippen molar-refractivity contribution in [3.63, 3.8) is 0 Å². The number of alkyl halides is 4. The summed E-state index contributed by atoms with van der Waals surface area (Å²) in [6, 6.07) is 12.8. The maximum absolute atomic E-state index is 5.93. The van der Waals surface area contributed by atoms with Crippen LogP contribution in [0.25, 0.3) is 0 Å². The Balaban J connectivity index is 1.84. The van der Waals surface area contributed by atoms with Crippen LogP contribution in [-0.2, 0) is 0 Å². The van der Waals surface area contributed by atoms with Crippen molar-refractivity contribution in [3.8, 4) is 0 Å². The number of aliphatic imine (C=N–C) groups is 2. The molecular formula is C27H36Cl4N4. The summed E-state index contributed by atoms with van der Waals surface area (Å²) in [5, 5.41) is 0. The third-order valence-electron chi connectivity index (χ3n) is 5.69. The molecule has 0 radical (unpaired) electrons. The van der Waals surface area contributed by atoms with Crippen molar-refractivity contribution in [2.75, 3.05) is 72.6 Å². The number of hydrogen-bond acceptors (Lipinski definition) is 4. The third-order valence-corrected chi connectivity index (χ3v) is 6.37. The molecule has 0 heterocycles. The Morgan fingerprint density at radius 1 is 0.629 bits per heavy atom. The second kappa shape index (κ2) is 17.1. The quantitative estimate of drug-likeness (QED) is 0.129. The molecule has 0 N–H and O–H groups in total. The highest BCUT2D eigenvalue weighted by Crippen LogP contribution is 2.20. The van der Waals surface area contributed by atoms with Gasteiger partial charge in [-0.15, -0.1) is 46.4 Å². The van der Waals surface area contributed by atoms with E-state index in [1.54, 1.807) is 0 Å². The van der Waals surface area contributed by atoms with E-state index in [4.69, 9.17) is 46.4 Å². The molecule has 0 aliphatic rings. The minimum absolute atomic E-state index is 0.578. The normalized spacial score (nSPS) is 11.6. The maximum Gasteiger partial charge on any atom is 0.0407 e. The van der Waals surface area contributed by atoms with Crippen molar-refractivity contribution in [2.24, 2.45) is 9.98 Å². The zero-order valence-electron chi connectivity index (χ0n) is 20.7. The molecule has 0 saturated carbocycles. The molecule has 0 fully saturated rings. The second-order valence-electron chi connectivity index (χ2n) is 8.24. The van der Waals surface area contributed by atoms with Gasteiger partial charge < -0.3 is 9.80 Å². The molecule has 0 amide bonds. The van der Waals surface area contributed by atoms with Crippen molar-refractivity contribution >= 4 is 70.2 Å². The molecule has 35 heavy (non-hydrogen) atoms. The Kier molecular flexibility index (Phi) is 14.5. The van der Waals surface area contributed by atoms with Gasteiger partial charge in [-0.1, -0.05) is 12.1 Å². The van der Waals surface area contributed by atoms with Gasteiger partial charge in [-0.05, 0) is 66.8 Å². The lowest BCUT2D eigenvalue weighted by Crippen LogP contribution is -2.27. The predicted octanol–water partition coefficient (Wildman–Crippen LogP) is 6.80. The van der Waals surface area contributed by atoms with Gasteiger partial charge in [-0.25, -0.2) is 0 Å². The Bertz CT molecular complexity index is 861. The van der Waals surface area contributed by atoms with Crippen molar-refractivity contribution < 1.29 is 0 Å². The Hall–Kier alpha value is -1.46. The summed E-state index contributed by atoms with van der Waals surface area (Å²) in [6.07, 6.45) is 4.80.